The molecule has 2 atom stereocenters. The van der Waals surface area contributed by atoms with Crippen LogP contribution in [0.25, 0.3) is 0 Å². The second-order valence-corrected chi connectivity index (χ2v) is 12.2. The van der Waals surface area contributed by atoms with E-state index in [0.29, 0.717) is 27.9 Å². The van der Waals surface area contributed by atoms with Crippen molar-refractivity contribution >= 4 is 46.3 Å². The van der Waals surface area contributed by atoms with E-state index in [1.54, 1.807) is 12.1 Å². The molecule has 0 aromatic carbocycles. The molecule has 2 bridgehead atoms. The summed E-state index contributed by atoms with van der Waals surface area (Å²) in [7, 11) is 0. The van der Waals surface area contributed by atoms with E-state index in [-0.39, 0.29) is 29.1 Å². The molecule has 4 aliphatic rings. The smallest absolute Gasteiger partial charge is 0.269 e. The molecule has 192 valence electrons. The third kappa shape index (κ3) is 5.22. The van der Waals surface area contributed by atoms with Gasteiger partial charge in [-0.3, -0.25) is 14.4 Å². The van der Waals surface area contributed by atoms with Crippen molar-refractivity contribution in [3.8, 4) is 0 Å². The highest BCUT2D eigenvalue weighted by atomic mass is 35.5. The second kappa shape index (κ2) is 10.0. The third-order valence-electron chi connectivity index (χ3n) is 7.83. The normalized spacial score (nSPS) is 24.2. The molecular formula is C26H32ClN5O3S. The fourth-order valence-electron chi connectivity index (χ4n) is 5.78. The summed E-state index contributed by atoms with van der Waals surface area (Å²) in [5.74, 6) is 0.306. The molecule has 4 saturated carbocycles. The quantitative estimate of drug-likeness (QED) is 0.362. The lowest BCUT2D eigenvalue weighted by Gasteiger charge is -2.62. The van der Waals surface area contributed by atoms with Crippen LogP contribution >= 0.6 is 22.9 Å². The number of nitrogens with one attached hydrogen (secondary N) is 3. The molecule has 0 saturated heterocycles. The Morgan fingerprint density at radius 3 is 2.58 bits per heavy atom. The molecule has 3 amide bonds. The van der Waals surface area contributed by atoms with Crippen LogP contribution in [-0.2, 0) is 4.79 Å². The largest absolute Gasteiger partial charge is 0.376 e. The van der Waals surface area contributed by atoms with E-state index < -0.39 is 11.9 Å². The van der Waals surface area contributed by atoms with Crippen LogP contribution in [0.4, 0.5) is 5.69 Å². The number of nitrogens with zero attached hydrogens (tertiary/aromatic N) is 1. The summed E-state index contributed by atoms with van der Waals surface area (Å²) in [5.41, 5.74) is 5.96. The van der Waals surface area contributed by atoms with Gasteiger partial charge in [-0.15, -0.1) is 11.3 Å². The van der Waals surface area contributed by atoms with Crippen molar-refractivity contribution in [1.82, 2.24) is 15.6 Å². The zero-order valence-corrected chi connectivity index (χ0v) is 21.9. The Morgan fingerprint density at radius 1 is 1.22 bits per heavy atom. The van der Waals surface area contributed by atoms with E-state index >= 15 is 0 Å². The lowest BCUT2D eigenvalue weighted by molar-refractivity contribution is -0.135. The van der Waals surface area contributed by atoms with Gasteiger partial charge in [0.15, 0.2) is 5.69 Å². The Bertz CT molecular complexity index is 1160. The highest BCUT2D eigenvalue weighted by molar-refractivity contribution is 7.14. The van der Waals surface area contributed by atoms with Crippen molar-refractivity contribution in [2.45, 2.75) is 75.9 Å². The molecule has 2 aromatic rings. The van der Waals surface area contributed by atoms with Gasteiger partial charge in [-0.25, -0.2) is 4.98 Å². The van der Waals surface area contributed by atoms with Gasteiger partial charge in [0.1, 0.15) is 6.04 Å². The molecule has 2 heterocycles. The molecule has 2 aromatic heterocycles. The number of carbonyl (C=O) groups is 3. The van der Waals surface area contributed by atoms with Gasteiger partial charge in [0.2, 0.25) is 5.91 Å². The molecular weight excluding hydrogens is 498 g/mol. The molecule has 10 heteroatoms. The molecule has 0 spiro atoms. The standard InChI is InChI=1S/C26H32ClN5O3S/c1-14(30-18-9-17(27)13-29-22(18)23(28)33)20-6-7-21(36-20)25(35)31-19(8-15-4-2-3-5-15)24(34)32-26-10-16(11-26)12-26/h6-7,9,13-16,19,30H,2-5,8,10-12H2,1H3,(H2,28,33)(H,31,35)(H,32,34)/t14-,16?,19+,26?/m1/s1. The Balaban J connectivity index is 1.25. The molecule has 5 N–H and O–H groups in total. The van der Waals surface area contributed by atoms with Crippen LogP contribution in [0.3, 0.4) is 0 Å². The van der Waals surface area contributed by atoms with Crippen LogP contribution in [-0.4, -0.2) is 34.3 Å². The van der Waals surface area contributed by atoms with E-state index in [1.165, 1.54) is 30.4 Å². The SMILES string of the molecule is C[C@@H](Nc1cc(Cl)cnc1C(N)=O)c1ccc(C(=O)N[C@@H](CC2CCCC2)C(=O)NC23CC(C2)C3)s1. The van der Waals surface area contributed by atoms with Gasteiger partial charge >= 0.3 is 0 Å². The fourth-order valence-corrected chi connectivity index (χ4v) is 6.85. The first-order valence-corrected chi connectivity index (χ1v) is 13.9. The molecule has 4 aliphatic carbocycles. The van der Waals surface area contributed by atoms with E-state index in [1.807, 2.05) is 13.0 Å². The predicted molar refractivity (Wildman–Crippen MR) is 140 cm³/mol. The summed E-state index contributed by atoms with van der Waals surface area (Å²) in [6.45, 7) is 1.92. The number of amides is 3. The number of anilines is 1. The lowest BCUT2D eigenvalue weighted by atomic mass is 9.50. The van der Waals surface area contributed by atoms with Crippen molar-refractivity contribution in [2.75, 3.05) is 5.32 Å². The first kappa shape index (κ1) is 25.0. The maximum Gasteiger partial charge on any atom is 0.269 e. The summed E-state index contributed by atoms with van der Waals surface area (Å²) in [5, 5.41) is 9.88. The van der Waals surface area contributed by atoms with Crippen LogP contribution in [0.5, 0.6) is 0 Å². The Hall–Kier alpha value is -2.65. The Kier molecular flexibility index (Phi) is 6.96. The van der Waals surface area contributed by atoms with Gasteiger partial charge in [-0.2, -0.15) is 0 Å². The number of aromatic nitrogens is 1. The van der Waals surface area contributed by atoms with Gasteiger partial charge in [-0.05, 0) is 62.6 Å². The first-order chi connectivity index (χ1) is 17.2. The number of pyridine rings is 1. The zero-order chi connectivity index (χ0) is 25.4. The number of halogens is 1. The fraction of sp³-hybridized carbons (Fsp3) is 0.538. The summed E-state index contributed by atoms with van der Waals surface area (Å²) >= 11 is 7.39. The maximum absolute atomic E-state index is 13.2. The highest BCUT2D eigenvalue weighted by Gasteiger charge is 2.57. The van der Waals surface area contributed by atoms with Gasteiger partial charge < -0.3 is 21.7 Å². The number of rotatable bonds is 10. The average molecular weight is 530 g/mol. The zero-order valence-electron chi connectivity index (χ0n) is 20.3. The van der Waals surface area contributed by atoms with Crippen molar-refractivity contribution in [2.24, 2.45) is 17.6 Å². The van der Waals surface area contributed by atoms with Gasteiger partial charge in [0, 0.05) is 16.6 Å². The Morgan fingerprint density at radius 2 is 1.94 bits per heavy atom. The minimum absolute atomic E-state index is 0.0173. The highest BCUT2D eigenvalue weighted by Crippen LogP contribution is 2.57. The molecule has 0 unspecified atom stereocenters. The Labute approximate surface area is 219 Å². The molecule has 0 radical (unpaired) electrons. The molecule has 4 fully saturated rings. The molecule has 0 aliphatic heterocycles. The van der Waals surface area contributed by atoms with Crippen LogP contribution < -0.4 is 21.7 Å². The van der Waals surface area contributed by atoms with Crippen LogP contribution in [0.1, 0.15) is 89.4 Å². The third-order valence-corrected chi connectivity index (χ3v) is 9.30. The first-order valence-electron chi connectivity index (χ1n) is 12.7. The lowest BCUT2D eigenvalue weighted by Crippen LogP contribution is -2.70. The summed E-state index contributed by atoms with van der Waals surface area (Å²) in [6, 6.07) is 4.49. The van der Waals surface area contributed by atoms with E-state index in [9.17, 15) is 14.4 Å². The molecule has 36 heavy (non-hydrogen) atoms. The van der Waals surface area contributed by atoms with E-state index in [4.69, 9.17) is 17.3 Å². The van der Waals surface area contributed by atoms with Gasteiger partial charge in [-0.1, -0.05) is 37.3 Å². The van der Waals surface area contributed by atoms with Gasteiger partial charge in [0.05, 0.1) is 21.6 Å². The summed E-state index contributed by atoms with van der Waals surface area (Å²) in [4.78, 5) is 43.5. The summed E-state index contributed by atoms with van der Waals surface area (Å²) < 4.78 is 0. The van der Waals surface area contributed by atoms with Crippen LogP contribution in [0.2, 0.25) is 5.02 Å². The van der Waals surface area contributed by atoms with Crippen molar-refractivity contribution in [3.63, 3.8) is 0 Å². The number of carbonyl (C=O) groups excluding carboxylic acids is 3. The van der Waals surface area contributed by atoms with E-state index in [0.717, 1.165) is 42.9 Å². The van der Waals surface area contributed by atoms with Crippen molar-refractivity contribution < 1.29 is 14.4 Å². The monoisotopic (exact) mass is 529 g/mol. The number of primary amides is 1. The number of nitrogens with two attached hydrogens (primary N) is 1. The predicted octanol–water partition coefficient (Wildman–Crippen LogP) is 4.42. The van der Waals surface area contributed by atoms with E-state index in [2.05, 4.69) is 20.9 Å². The number of hydrogen-bond acceptors (Lipinski definition) is 6. The molecule has 6 rings (SSSR count). The maximum atomic E-state index is 13.2. The average Bonchev–Trinajstić information content (AvgIpc) is 3.47. The minimum Gasteiger partial charge on any atom is -0.376 e. The number of thiophene rings is 1. The summed E-state index contributed by atoms with van der Waals surface area (Å²) in [6.07, 6.45) is 9.89. The topological polar surface area (TPSA) is 126 Å². The van der Waals surface area contributed by atoms with Crippen molar-refractivity contribution in [1.29, 1.82) is 0 Å². The number of hydrogen-bond donors (Lipinski definition) is 4. The van der Waals surface area contributed by atoms with Gasteiger partial charge in [0.25, 0.3) is 11.8 Å². The molecule has 8 nitrogen and oxygen atoms in total. The van der Waals surface area contributed by atoms with Crippen LogP contribution in [0, 0.1) is 11.8 Å². The minimum atomic E-state index is -0.655. The van der Waals surface area contributed by atoms with Crippen LogP contribution in [0.15, 0.2) is 24.4 Å². The second-order valence-electron chi connectivity index (χ2n) is 10.6. The van der Waals surface area contributed by atoms with Crippen molar-refractivity contribution in [3.05, 3.63) is 44.9 Å².